The van der Waals surface area contributed by atoms with Crippen LogP contribution in [0.3, 0.4) is 0 Å². The van der Waals surface area contributed by atoms with Crippen molar-refractivity contribution in [2.24, 2.45) is 0 Å². The van der Waals surface area contributed by atoms with Gasteiger partial charge in [0, 0.05) is 31.9 Å². The Bertz CT molecular complexity index is 1240. The molecule has 3 aromatic rings. The summed E-state index contributed by atoms with van der Waals surface area (Å²) in [5.41, 5.74) is 1.75. The fraction of sp³-hybridized carbons (Fsp3) is 0.296. The minimum absolute atomic E-state index is 0.0675. The van der Waals surface area contributed by atoms with Crippen LogP contribution in [0.5, 0.6) is 5.75 Å². The molecule has 1 heterocycles. The van der Waals surface area contributed by atoms with Crippen molar-refractivity contribution in [3.8, 4) is 5.75 Å². The lowest BCUT2D eigenvalue weighted by atomic mass is 10.1. The maximum absolute atomic E-state index is 13.5. The molecule has 1 fully saturated rings. The van der Waals surface area contributed by atoms with Crippen LogP contribution >= 0.6 is 0 Å². The number of rotatable bonds is 9. The minimum atomic E-state index is -3.95. The summed E-state index contributed by atoms with van der Waals surface area (Å²) in [5.74, 6) is 0.00985. The van der Waals surface area contributed by atoms with Gasteiger partial charge in [-0.3, -0.25) is 4.79 Å². The van der Waals surface area contributed by atoms with Crippen molar-refractivity contribution in [1.29, 1.82) is 0 Å². The van der Waals surface area contributed by atoms with Gasteiger partial charge in [-0.05, 0) is 67.4 Å². The molecule has 3 aromatic carbocycles. The zero-order chi connectivity index (χ0) is 25.5. The zero-order valence-corrected chi connectivity index (χ0v) is 21.0. The van der Waals surface area contributed by atoms with E-state index in [1.165, 1.54) is 24.3 Å². The second kappa shape index (κ2) is 11.5. The lowest BCUT2D eigenvalue weighted by molar-refractivity contribution is -0.133. The van der Waals surface area contributed by atoms with Crippen LogP contribution in [-0.4, -0.2) is 58.1 Å². The molecule has 1 unspecified atom stereocenters. The molecule has 190 valence electrons. The molecule has 1 amide bonds. The fourth-order valence-corrected chi connectivity index (χ4v) is 5.41. The van der Waals surface area contributed by atoms with E-state index >= 15 is 0 Å². The molecule has 1 aliphatic heterocycles. The Labute approximate surface area is 211 Å². The van der Waals surface area contributed by atoms with Gasteiger partial charge < -0.3 is 14.5 Å². The third-order valence-electron chi connectivity index (χ3n) is 6.11. The summed E-state index contributed by atoms with van der Waals surface area (Å²) in [5, 5.41) is 0. The Morgan fingerprint density at radius 3 is 2.19 bits per heavy atom. The quantitative estimate of drug-likeness (QED) is 0.476. The first-order valence-electron chi connectivity index (χ1n) is 11.9. The molecule has 1 atom stereocenters. The number of carbonyl (C=O) groups excluding carboxylic acids is 1. The third-order valence-corrected chi connectivity index (χ3v) is 7.59. The van der Waals surface area contributed by atoms with Crippen LogP contribution < -0.4 is 14.4 Å². The minimum Gasteiger partial charge on any atom is -0.494 e. The van der Waals surface area contributed by atoms with Gasteiger partial charge in [0.15, 0.2) is 0 Å². The monoisotopic (exact) mass is 511 g/mol. The first kappa shape index (κ1) is 25.7. The van der Waals surface area contributed by atoms with E-state index in [0.717, 1.165) is 11.3 Å². The summed E-state index contributed by atoms with van der Waals surface area (Å²) < 4.78 is 47.7. The van der Waals surface area contributed by atoms with E-state index in [9.17, 15) is 17.6 Å². The average molecular weight is 512 g/mol. The number of hydrogen-bond donors (Lipinski definition) is 1. The van der Waals surface area contributed by atoms with Crippen molar-refractivity contribution >= 4 is 21.6 Å². The number of ether oxygens (including phenoxy) is 1. The predicted octanol–water partition coefficient (Wildman–Crippen LogP) is 3.46. The van der Waals surface area contributed by atoms with E-state index in [1.807, 2.05) is 37.3 Å². The molecule has 0 saturated carbocycles. The van der Waals surface area contributed by atoms with Gasteiger partial charge in [-0.25, -0.2) is 12.8 Å². The zero-order valence-electron chi connectivity index (χ0n) is 20.1. The van der Waals surface area contributed by atoms with Crippen molar-refractivity contribution in [2.75, 3.05) is 37.7 Å². The Kier molecular flexibility index (Phi) is 8.22. The normalized spacial score (nSPS) is 14.9. The number of sulfonamides is 1. The van der Waals surface area contributed by atoms with E-state index in [-0.39, 0.29) is 23.0 Å². The van der Waals surface area contributed by atoms with Crippen LogP contribution in [0.4, 0.5) is 10.1 Å². The van der Waals surface area contributed by atoms with Gasteiger partial charge in [-0.1, -0.05) is 30.3 Å². The SMILES string of the molecule is CCOc1ccc(S(=O)(=O)NC(Cc2ccccc2)C(=O)N2CCN(c3ccc(F)cc3)CC2)cc1. The maximum atomic E-state index is 13.5. The summed E-state index contributed by atoms with van der Waals surface area (Å²) in [6.45, 7) is 4.35. The number of carbonyl (C=O) groups is 1. The maximum Gasteiger partial charge on any atom is 0.241 e. The summed E-state index contributed by atoms with van der Waals surface area (Å²) in [4.78, 5) is 17.4. The second-order valence-electron chi connectivity index (χ2n) is 8.56. The number of piperazine rings is 1. The smallest absolute Gasteiger partial charge is 0.241 e. The average Bonchev–Trinajstić information content (AvgIpc) is 2.89. The van der Waals surface area contributed by atoms with Crippen LogP contribution in [0.25, 0.3) is 0 Å². The number of anilines is 1. The molecule has 9 heteroatoms. The van der Waals surface area contributed by atoms with Crippen molar-refractivity contribution in [2.45, 2.75) is 24.3 Å². The number of nitrogens with one attached hydrogen (secondary N) is 1. The van der Waals surface area contributed by atoms with Gasteiger partial charge in [0.05, 0.1) is 11.5 Å². The lowest BCUT2D eigenvalue weighted by Crippen LogP contribution is -2.55. The van der Waals surface area contributed by atoms with E-state index < -0.39 is 16.1 Å². The van der Waals surface area contributed by atoms with Gasteiger partial charge in [-0.2, -0.15) is 4.72 Å². The first-order chi connectivity index (χ1) is 17.4. The third kappa shape index (κ3) is 6.41. The molecule has 36 heavy (non-hydrogen) atoms. The van der Waals surface area contributed by atoms with Crippen LogP contribution in [-0.2, 0) is 21.2 Å². The van der Waals surface area contributed by atoms with E-state index in [2.05, 4.69) is 9.62 Å². The van der Waals surface area contributed by atoms with Crippen LogP contribution in [0.2, 0.25) is 0 Å². The number of benzene rings is 3. The molecule has 4 rings (SSSR count). The highest BCUT2D eigenvalue weighted by Crippen LogP contribution is 2.20. The summed E-state index contributed by atoms with van der Waals surface area (Å²) in [6.07, 6.45) is 0.230. The van der Waals surface area contributed by atoms with Crippen LogP contribution in [0.15, 0.2) is 83.8 Å². The molecular formula is C27H30FN3O4S. The fourth-order valence-electron chi connectivity index (χ4n) is 4.22. The van der Waals surface area contributed by atoms with E-state index in [1.54, 1.807) is 29.2 Å². The molecule has 0 bridgehead atoms. The Balaban J connectivity index is 1.49. The van der Waals surface area contributed by atoms with Gasteiger partial charge in [0.2, 0.25) is 15.9 Å². The molecule has 7 nitrogen and oxygen atoms in total. The predicted molar refractivity (Wildman–Crippen MR) is 137 cm³/mol. The van der Waals surface area contributed by atoms with Crippen molar-refractivity contribution in [3.63, 3.8) is 0 Å². The number of nitrogens with zero attached hydrogens (tertiary/aromatic N) is 2. The number of amides is 1. The second-order valence-corrected chi connectivity index (χ2v) is 10.3. The molecular weight excluding hydrogens is 481 g/mol. The van der Waals surface area contributed by atoms with Crippen LogP contribution in [0.1, 0.15) is 12.5 Å². The summed E-state index contributed by atoms with van der Waals surface area (Å²) in [7, 11) is -3.95. The van der Waals surface area contributed by atoms with Crippen molar-refractivity contribution in [3.05, 3.63) is 90.2 Å². The first-order valence-corrected chi connectivity index (χ1v) is 13.4. The Morgan fingerprint density at radius 1 is 0.944 bits per heavy atom. The molecule has 1 aliphatic rings. The highest BCUT2D eigenvalue weighted by molar-refractivity contribution is 7.89. The molecule has 0 aliphatic carbocycles. The van der Waals surface area contributed by atoms with Crippen LogP contribution in [0, 0.1) is 5.82 Å². The van der Waals surface area contributed by atoms with E-state index in [4.69, 9.17) is 4.74 Å². The molecule has 0 radical (unpaired) electrons. The molecule has 0 spiro atoms. The molecule has 0 aromatic heterocycles. The Hall–Kier alpha value is -3.43. The van der Waals surface area contributed by atoms with Crippen molar-refractivity contribution < 1.29 is 22.3 Å². The van der Waals surface area contributed by atoms with Gasteiger partial charge in [0.25, 0.3) is 0 Å². The van der Waals surface area contributed by atoms with Gasteiger partial charge >= 0.3 is 0 Å². The van der Waals surface area contributed by atoms with E-state index in [0.29, 0.717) is 38.5 Å². The summed E-state index contributed by atoms with van der Waals surface area (Å²) >= 11 is 0. The lowest BCUT2D eigenvalue weighted by Gasteiger charge is -2.37. The van der Waals surface area contributed by atoms with Crippen molar-refractivity contribution in [1.82, 2.24) is 9.62 Å². The number of halogens is 1. The molecule has 1 saturated heterocycles. The highest BCUT2D eigenvalue weighted by atomic mass is 32.2. The largest absolute Gasteiger partial charge is 0.494 e. The molecule has 1 N–H and O–H groups in total. The van der Waals surface area contributed by atoms with Gasteiger partial charge in [-0.15, -0.1) is 0 Å². The van der Waals surface area contributed by atoms with Gasteiger partial charge in [0.1, 0.15) is 17.6 Å². The Morgan fingerprint density at radius 2 is 1.58 bits per heavy atom. The topological polar surface area (TPSA) is 78.9 Å². The highest BCUT2D eigenvalue weighted by Gasteiger charge is 2.31. The summed E-state index contributed by atoms with van der Waals surface area (Å²) in [6, 6.07) is 20.8. The standard InChI is InChI=1S/C27H30FN3O4S/c1-2-35-24-12-14-25(15-13-24)36(33,34)29-26(20-21-6-4-3-5-7-21)27(32)31-18-16-30(17-19-31)23-10-8-22(28)9-11-23/h3-15,26,29H,2,16-20H2,1H3. The number of hydrogen-bond acceptors (Lipinski definition) is 5.